The molecule has 4 heterocycles. The summed E-state index contributed by atoms with van der Waals surface area (Å²) in [5.74, 6) is -1.69. The summed E-state index contributed by atoms with van der Waals surface area (Å²) in [4.78, 5) is 66.4. The van der Waals surface area contributed by atoms with Gasteiger partial charge in [0.15, 0.2) is 0 Å². The Morgan fingerprint density at radius 2 is 0.692 bits per heavy atom. The van der Waals surface area contributed by atoms with Crippen LogP contribution in [0.2, 0.25) is 0 Å². The minimum Gasteiger partial charge on any atom is -0.461 e. The van der Waals surface area contributed by atoms with Crippen molar-refractivity contribution in [2.75, 3.05) is 26.4 Å². The van der Waals surface area contributed by atoms with E-state index in [2.05, 4.69) is 33.8 Å². The van der Waals surface area contributed by atoms with Gasteiger partial charge in [-0.15, -0.1) is 0 Å². The summed E-state index contributed by atoms with van der Waals surface area (Å²) in [7, 11) is 0. The average molecular weight is 717 g/mol. The normalized spacial score (nSPS) is 12.0. The summed E-state index contributed by atoms with van der Waals surface area (Å²) in [6.07, 6.45) is 4.26. The Balaban J connectivity index is 1.64. The zero-order chi connectivity index (χ0) is 37.7. The molecule has 0 aromatic carbocycles. The molecule has 0 saturated carbocycles. The predicted octanol–water partition coefficient (Wildman–Crippen LogP) is 6.63. The van der Waals surface area contributed by atoms with Gasteiger partial charge in [-0.1, -0.05) is 27.7 Å². The highest BCUT2D eigenvalue weighted by Crippen LogP contribution is 2.39. The summed E-state index contributed by atoms with van der Waals surface area (Å²) in [5.41, 5.74) is 12.4. The number of nitrogens with one attached hydrogen (secondary N) is 4. The van der Waals surface area contributed by atoms with Crippen LogP contribution in [0.25, 0.3) is 0 Å². The van der Waals surface area contributed by atoms with Gasteiger partial charge in [0.2, 0.25) is 0 Å². The maximum absolute atomic E-state index is 13.5. The van der Waals surface area contributed by atoms with Crippen molar-refractivity contribution in [3.8, 4) is 0 Å². The molecule has 0 bridgehead atoms. The van der Waals surface area contributed by atoms with Crippen molar-refractivity contribution in [2.24, 2.45) is 0 Å². The first kappa shape index (κ1) is 38.2. The monoisotopic (exact) mass is 716 g/mol. The lowest BCUT2D eigenvalue weighted by Gasteiger charge is -2.18. The molecule has 0 aliphatic heterocycles. The van der Waals surface area contributed by atoms with Gasteiger partial charge in [0.25, 0.3) is 0 Å². The van der Waals surface area contributed by atoms with Crippen LogP contribution in [0.5, 0.6) is 0 Å². The molecular formula is C40H52N4O8. The first-order valence-electron chi connectivity index (χ1n) is 18.7. The van der Waals surface area contributed by atoms with Crippen molar-refractivity contribution in [2.45, 2.75) is 107 Å². The lowest BCUT2D eigenvalue weighted by Crippen LogP contribution is -2.14. The number of aromatic amines is 4. The Hall–Kier alpha value is -5.00. The molecule has 1 aliphatic carbocycles. The number of hydrogen-bond donors (Lipinski definition) is 4. The highest BCUT2D eigenvalue weighted by atomic mass is 16.5. The van der Waals surface area contributed by atoms with E-state index < -0.39 is 23.9 Å². The molecule has 4 aromatic rings. The molecule has 52 heavy (non-hydrogen) atoms. The summed E-state index contributed by atoms with van der Waals surface area (Å²) < 4.78 is 21.8. The molecule has 280 valence electrons. The molecule has 0 amide bonds. The second-order valence-corrected chi connectivity index (χ2v) is 12.7. The minimum atomic E-state index is -0.455. The molecule has 12 heteroatoms. The van der Waals surface area contributed by atoms with Crippen molar-refractivity contribution in [1.82, 2.24) is 19.9 Å². The third kappa shape index (κ3) is 7.07. The average Bonchev–Trinajstić information content (AvgIpc) is 3.88. The van der Waals surface area contributed by atoms with Crippen molar-refractivity contribution < 1.29 is 38.1 Å². The molecule has 0 fully saturated rings. The second-order valence-electron chi connectivity index (χ2n) is 12.7. The van der Waals surface area contributed by atoms with Gasteiger partial charge in [-0.3, -0.25) is 0 Å². The number of carbonyl (C=O) groups is 4. The smallest absolute Gasteiger partial charge is 0.355 e. The van der Waals surface area contributed by atoms with Crippen molar-refractivity contribution in [3.63, 3.8) is 0 Å². The van der Waals surface area contributed by atoms with E-state index in [9.17, 15) is 19.2 Å². The first-order valence-corrected chi connectivity index (χ1v) is 18.7. The number of esters is 4. The maximum atomic E-state index is 13.5. The summed E-state index contributed by atoms with van der Waals surface area (Å²) >= 11 is 0. The topological polar surface area (TPSA) is 168 Å². The molecule has 5 rings (SSSR count). The fourth-order valence-electron chi connectivity index (χ4n) is 7.81. The lowest BCUT2D eigenvalue weighted by molar-refractivity contribution is 0.0508. The highest BCUT2D eigenvalue weighted by Gasteiger charge is 2.34. The van der Waals surface area contributed by atoms with Gasteiger partial charge in [0.1, 0.15) is 22.8 Å². The number of aromatic nitrogens is 4. The van der Waals surface area contributed by atoms with E-state index in [0.717, 1.165) is 67.3 Å². The van der Waals surface area contributed by atoms with E-state index in [1.54, 1.807) is 27.7 Å². The Morgan fingerprint density at radius 1 is 0.404 bits per heavy atom. The summed E-state index contributed by atoms with van der Waals surface area (Å²) in [6.45, 7) is 16.2. The Labute approximate surface area is 304 Å². The van der Waals surface area contributed by atoms with Gasteiger partial charge in [-0.25, -0.2) is 19.2 Å². The number of fused-ring (bicyclic) bond motifs is 2. The predicted molar refractivity (Wildman–Crippen MR) is 196 cm³/mol. The Bertz CT molecular complexity index is 1830. The van der Waals surface area contributed by atoms with Crippen molar-refractivity contribution in [3.05, 3.63) is 90.1 Å². The van der Waals surface area contributed by atoms with E-state index in [-0.39, 0.29) is 26.4 Å². The van der Waals surface area contributed by atoms with Crippen LogP contribution in [-0.2, 0) is 70.3 Å². The van der Waals surface area contributed by atoms with Crippen LogP contribution in [0.15, 0.2) is 0 Å². The number of carbonyl (C=O) groups excluding carboxylic acids is 4. The molecule has 0 spiro atoms. The largest absolute Gasteiger partial charge is 0.461 e. The maximum Gasteiger partial charge on any atom is 0.355 e. The molecule has 0 unspecified atom stereocenters. The van der Waals surface area contributed by atoms with Gasteiger partial charge in [-0.05, 0) is 97.9 Å². The van der Waals surface area contributed by atoms with Crippen LogP contribution in [0, 0.1) is 0 Å². The third-order valence-corrected chi connectivity index (χ3v) is 9.97. The van der Waals surface area contributed by atoms with Crippen molar-refractivity contribution >= 4 is 23.9 Å². The van der Waals surface area contributed by atoms with Gasteiger partial charge >= 0.3 is 23.9 Å². The van der Waals surface area contributed by atoms with E-state index in [4.69, 9.17) is 18.9 Å². The van der Waals surface area contributed by atoms with Crippen LogP contribution in [0.4, 0.5) is 0 Å². The van der Waals surface area contributed by atoms with Crippen LogP contribution in [-0.4, -0.2) is 70.2 Å². The van der Waals surface area contributed by atoms with Crippen LogP contribution >= 0.6 is 0 Å². The number of ether oxygens (including phenoxy) is 4. The fourth-order valence-corrected chi connectivity index (χ4v) is 7.81. The quantitative estimate of drug-likeness (QED) is 0.0652. The number of rotatable bonds is 16. The van der Waals surface area contributed by atoms with Gasteiger partial charge in [-0.2, -0.15) is 0 Å². The third-order valence-electron chi connectivity index (χ3n) is 9.97. The van der Waals surface area contributed by atoms with Crippen LogP contribution < -0.4 is 0 Å². The van der Waals surface area contributed by atoms with Crippen LogP contribution in [0.3, 0.4) is 0 Å². The molecule has 0 radical (unpaired) electrons. The first-order chi connectivity index (χ1) is 25.1. The van der Waals surface area contributed by atoms with Gasteiger partial charge in [0, 0.05) is 48.5 Å². The SMILES string of the molecule is CCOC(=O)c1[nH]c(Cc2[nH]c(C(=O)OCC)c3c2Cc2c(C(=O)OCC)[nH]c(Cc4[nH]c(C(=O)OCC)c(CC)c4CC)c2C3)c(CC)c1CC. The molecule has 0 saturated heterocycles. The lowest BCUT2D eigenvalue weighted by atomic mass is 9.84. The van der Waals surface area contributed by atoms with E-state index >= 15 is 0 Å². The van der Waals surface area contributed by atoms with Gasteiger partial charge in [0.05, 0.1) is 26.4 Å². The van der Waals surface area contributed by atoms with E-state index in [1.165, 1.54) is 0 Å². The number of H-pyrrole nitrogens is 4. The van der Waals surface area contributed by atoms with E-state index in [0.29, 0.717) is 74.1 Å². The zero-order valence-corrected chi connectivity index (χ0v) is 31.8. The molecule has 12 nitrogen and oxygen atoms in total. The number of hydrogen-bond acceptors (Lipinski definition) is 8. The van der Waals surface area contributed by atoms with Crippen molar-refractivity contribution in [1.29, 1.82) is 0 Å². The standard InChI is InChI=1S/C40H52N4O8/c1-9-21-23(11-3)33(37(45)49-13-5)41-29(21)19-31-25-17-28-26(18-27(25)35(43-31)39(47)51-15-7)32(44-36(28)40(48)52-16-8)20-30-22(10-2)24(12-4)34(42-30)38(46)50-14-6/h41-44H,9-20H2,1-8H3. The minimum absolute atomic E-state index is 0.212. The molecular weight excluding hydrogens is 664 g/mol. The van der Waals surface area contributed by atoms with E-state index in [1.807, 2.05) is 13.8 Å². The summed E-state index contributed by atoms with van der Waals surface area (Å²) in [6, 6.07) is 0. The summed E-state index contributed by atoms with van der Waals surface area (Å²) in [5, 5.41) is 0. The molecule has 4 N–H and O–H groups in total. The molecule has 1 aliphatic rings. The molecule has 4 aromatic heterocycles. The molecule has 0 atom stereocenters. The van der Waals surface area contributed by atoms with Crippen LogP contribution in [0.1, 0.15) is 165 Å². The van der Waals surface area contributed by atoms with Gasteiger partial charge < -0.3 is 38.9 Å². The fraction of sp³-hybridized carbons (Fsp3) is 0.500. The highest BCUT2D eigenvalue weighted by molar-refractivity contribution is 5.93. The Morgan fingerprint density at radius 3 is 0.981 bits per heavy atom. The second kappa shape index (κ2) is 16.6. The zero-order valence-electron chi connectivity index (χ0n) is 31.8. The Kier molecular flexibility index (Phi) is 12.2.